The van der Waals surface area contributed by atoms with Crippen molar-refractivity contribution < 1.29 is 9.18 Å². The van der Waals surface area contributed by atoms with Gasteiger partial charge in [-0.15, -0.1) is 11.3 Å². The maximum absolute atomic E-state index is 12.8. The van der Waals surface area contributed by atoms with E-state index in [-0.39, 0.29) is 17.3 Å². The lowest BCUT2D eigenvalue weighted by molar-refractivity contribution is -0.113. The Kier molecular flexibility index (Phi) is 4.16. The molecule has 0 aliphatic rings. The van der Waals surface area contributed by atoms with Gasteiger partial charge in [0, 0.05) is 11.6 Å². The third kappa shape index (κ3) is 3.44. The Morgan fingerprint density at radius 1 is 1.56 bits per heavy atom. The van der Waals surface area contributed by atoms with Crippen molar-refractivity contribution in [2.45, 2.75) is 4.34 Å². The number of nitrogens with two attached hydrogens (primary N) is 1. The Morgan fingerprint density at radius 2 is 2.39 bits per heavy atom. The highest BCUT2D eigenvalue weighted by atomic mass is 32.2. The second kappa shape index (κ2) is 5.83. The number of anilines is 2. The lowest BCUT2D eigenvalue weighted by Crippen LogP contribution is -2.15. The van der Waals surface area contributed by atoms with Gasteiger partial charge in [-0.3, -0.25) is 4.79 Å². The third-order valence-electron chi connectivity index (χ3n) is 2.02. The van der Waals surface area contributed by atoms with Crippen LogP contribution in [0.2, 0.25) is 0 Å². The van der Waals surface area contributed by atoms with E-state index >= 15 is 0 Å². The number of benzene rings is 1. The van der Waals surface area contributed by atoms with Crippen molar-refractivity contribution in [3.63, 3.8) is 0 Å². The molecule has 0 radical (unpaired) electrons. The van der Waals surface area contributed by atoms with Gasteiger partial charge in [-0.25, -0.2) is 9.37 Å². The molecule has 0 aliphatic carbocycles. The Bertz CT molecular complexity index is 545. The van der Waals surface area contributed by atoms with E-state index < -0.39 is 5.82 Å². The molecule has 0 atom stereocenters. The van der Waals surface area contributed by atoms with Crippen LogP contribution < -0.4 is 11.1 Å². The molecule has 0 saturated carbocycles. The van der Waals surface area contributed by atoms with Crippen LogP contribution in [-0.4, -0.2) is 16.6 Å². The number of hydrogen-bond acceptors (Lipinski definition) is 5. The maximum Gasteiger partial charge on any atom is 0.234 e. The van der Waals surface area contributed by atoms with Gasteiger partial charge < -0.3 is 11.1 Å². The number of halogens is 1. The lowest BCUT2D eigenvalue weighted by Gasteiger charge is -2.07. The summed E-state index contributed by atoms with van der Waals surface area (Å²) in [6, 6.07) is 3.86. The first-order valence-corrected chi connectivity index (χ1v) is 6.89. The Labute approximate surface area is 111 Å². The molecular weight excluding hydrogens is 273 g/mol. The lowest BCUT2D eigenvalue weighted by atomic mass is 10.2. The first kappa shape index (κ1) is 12.8. The number of nitrogens with one attached hydrogen (secondary N) is 1. The molecule has 4 nitrogen and oxygen atoms in total. The summed E-state index contributed by atoms with van der Waals surface area (Å²) in [6.07, 6.45) is 1.68. The van der Waals surface area contributed by atoms with Gasteiger partial charge in [-0.2, -0.15) is 0 Å². The van der Waals surface area contributed by atoms with Gasteiger partial charge in [-0.05, 0) is 18.2 Å². The van der Waals surface area contributed by atoms with Crippen molar-refractivity contribution in [1.82, 2.24) is 4.98 Å². The molecule has 7 heteroatoms. The monoisotopic (exact) mass is 283 g/mol. The fourth-order valence-corrected chi connectivity index (χ4v) is 2.68. The summed E-state index contributed by atoms with van der Waals surface area (Å²) in [6.45, 7) is 0. The van der Waals surface area contributed by atoms with Crippen LogP contribution in [0.3, 0.4) is 0 Å². The number of carbonyl (C=O) groups is 1. The second-order valence-corrected chi connectivity index (χ2v) is 5.48. The van der Waals surface area contributed by atoms with Crippen LogP contribution in [0, 0.1) is 5.82 Å². The molecule has 0 saturated heterocycles. The Morgan fingerprint density at radius 3 is 3.06 bits per heavy atom. The van der Waals surface area contributed by atoms with Gasteiger partial charge in [0.05, 0.1) is 17.1 Å². The van der Waals surface area contributed by atoms with Gasteiger partial charge in [0.1, 0.15) is 10.2 Å². The van der Waals surface area contributed by atoms with E-state index in [1.807, 2.05) is 5.38 Å². The quantitative estimate of drug-likeness (QED) is 0.668. The summed E-state index contributed by atoms with van der Waals surface area (Å²) in [4.78, 5) is 15.7. The largest absolute Gasteiger partial charge is 0.397 e. The summed E-state index contributed by atoms with van der Waals surface area (Å²) in [7, 11) is 0. The molecule has 0 bridgehead atoms. The second-order valence-electron chi connectivity index (χ2n) is 3.37. The van der Waals surface area contributed by atoms with E-state index in [0.717, 1.165) is 4.34 Å². The zero-order valence-electron chi connectivity index (χ0n) is 9.22. The van der Waals surface area contributed by atoms with E-state index in [1.54, 1.807) is 6.20 Å². The van der Waals surface area contributed by atoms with Crippen LogP contribution in [0.1, 0.15) is 0 Å². The molecule has 0 fully saturated rings. The fraction of sp³-hybridized carbons (Fsp3) is 0.0909. The maximum atomic E-state index is 12.8. The average molecular weight is 283 g/mol. The van der Waals surface area contributed by atoms with Crippen molar-refractivity contribution in [1.29, 1.82) is 0 Å². The van der Waals surface area contributed by atoms with Crippen molar-refractivity contribution in [3.8, 4) is 0 Å². The number of aromatic nitrogens is 1. The van der Waals surface area contributed by atoms with Crippen molar-refractivity contribution in [2.24, 2.45) is 0 Å². The standard InChI is InChI=1S/C11H10FN3OS2/c12-7-1-2-9(8(13)5-7)15-10(16)6-18-11-14-3-4-17-11/h1-5H,6,13H2,(H,15,16). The average Bonchev–Trinajstić information content (AvgIpc) is 2.83. The minimum absolute atomic E-state index is 0.200. The zero-order chi connectivity index (χ0) is 13.0. The third-order valence-corrected chi connectivity index (χ3v) is 3.99. The molecular formula is C11H10FN3OS2. The predicted molar refractivity (Wildman–Crippen MR) is 72.3 cm³/mol. The number of amides is 1. The van der Waals surface area contributed by atoms with Crippen LogP contribution in [0.25, 0.3) is 0 Å². The molecule has 18 heavy (non-hydrogen) atoms. The van der Waals surface area contributed by atoms with Crippen molar-refractivity contribution in [3.05, 3.63) is 35.6 Å². The van der Waals surface area contributed by atoms with E-state index in [9.17, 15) is 9.18 Å². The molecule has 0 spiro atoms. The van der Waals surface area contributed by atoms with Gasteiger partial charge >= 0.3 is 0 Å². The van der Waals surface area contributed by atoms with Crippen LogP contribution in [0.4, 0.5) is 15.8 Å². The first-order valence-electron chi connectivity index (χ1n) is 5.02. The number of thiazole rings is 1. The topological polar surface area (TPSA) is 68.0 Å². The summed E-state index contributed by atoms with van der Waals surface area (Å²) in [5.41, 5.74) is 6.22. The smallest absolute Gasteiger partial charge is 0.234 e. The highest BCUT2D eigenvalue weighted by molar-refractivity contribution is 8.01. The highest BCUT2D eigenvalue weighted by Crippen LogP contribution is 2.22. The van der Waals surface area contributed by atoms with E-state index in [1.165, 1.54) is 41.3 Å². The zero-order valence-corrected chi connectivity index (χ0v) is 10.9. The van der Waals surface area contributed by atoms with Gasteiger partial charge in [-0.1, -0.05) is 11.8 Å². The molecule has 1 heterocycles. The van der Waals surface area contributed by atoms with Gasteiger partial charge in [0.15, 0.2) is 0 Å². The summed E-state index contributed by atoms with van der Waals surface area (Å²) in [5.74, 6) is -0.388. The number of nitrogen functional groups attached to an aromatic ring is 1. The Hall–Kier alpha value is -1.60. The van der Waals surface area contributed by atoms with E-state index in [4.69, 9.17) is 5.73 Å². The van der Waals surface area contributed by atoms with E-state index in [2.05, 4.69) is 10.3 Å². The van der Waals surface area contributed by atoms with Crippen LogP contribution in [0.5, 0.6) is 0 Å². The van der Waals surface area contributed by atoms with Crippen molar-refractivity contribution >= 4 is 40.4 Å². The Balaban J connectivity index is 1.91. The first-order chi connectivity index (χ1) is 8.65. The normalized spacial score (nSPS) is 10.3. The van der Waals surface area contributed by atoms with Gasteiger partial charge in [0.2, 0.25) is 5.91 Å². The number of carbonyl (C=O) groups excluding carboxylic acids is 1. The van der Waals surface area contributed by atoms with E-state index in [0.29, 0.717) is 5.69 Å². The van der Waals surface area contributed by atoms with Crippen LogP contribution in [-0.2, 0) is 4.79 Å². The van der Waals surface area contributed by atoms with Gasteiger partial charge in [0.25, 0.3) is 0 Å². The fourth-order valence-electron chi connectivity index (χ4n) is 1.24. The molecule has 1 amide bonds. The molecule has 2 rings (SSSR count). The number of thioether (sulfide) groups is 1. The van der Waals surface area contributed by atoms with Crippen molar-refractivity contribution in [2.75, 3.05) is 16.8 Å². The molecule has 94 valence electrons. The molecule has 1 aromatic heterocycles. The highest BCUT2D eigenvalue weighted by Gasteiger charge is 2.07. The minimum Gasteiger partial charge on any atom is -0.397 e. The molecule has 2 aromatic rings. The predicted octanol–water partition coefficient (Wildman–Crippen LogP) is 2.60. The minimum atomic E-state index is -0.428. The molecule has 0 unspecified atom stereocenters. The number of nitrogens with zero attached hydrogens (tertiary/aromatic N) is 1. The summed E-state index contributed by atoms with van der Waals surface area (Å²) >= 11 is 2.82. The molecule has 3 N–H and O–H groups in total. The number of hydrogen-bond donors (Lipinski definition) is 2. The molecule has 0 aliphatic heterocycles. The SMILES string of the molecule is Nc1cc(F)ccc1NC(=O)CSc1nccs1. The van der Waals surface area contributed by atoms with Crippen LogP contribution in [0.15, 0.2) is 34.1 Å². The summed E-state index contributed by atoms with van der Waals surface area (Å²) in [5, 5.41) is 4.47. The summed E-state index contributed by atoms with van der Waals surface area (Å²) < 4.78 is 13.6. The van der Waals surface area contributed by atoms with Crippen LogP contribution >= 0.6 is 23.1 Å². The number of rotatable bonds is 4. The molecule has 1 aromatic carbocycles.